The minimum absolute atomic E-state index is 0.264. The van der Waals surface area contributed by atoms with Gasteiger partial charge in [-0.15, -0.1) is 0 Å². The summed E-state index contributed by atoms with van der Waals surface area (Å²) in [6, 6.07) is 3.97. The Morgan fingerprint density at radius 2 is 2.11 bits per heavy atom. The van der Waals surface area contributed by atoms with Crippen molar-refractivity contribution >= 4 is 34.0 Å². The summed E-state index contributed by atoms with van der Waals surface area (Å²) in [6.07, 6.45) is 3.67. The Labute approximate surface area is 166 Å². The van der Waals surface area contributed by atoms with E-state index in [-0.39, 0.29) is 5.92 Å². The highest BCUT2D eigenvalue weighted by molar-refractivity contribution is 8.12. The molecule has 0 bridgehead atoms. The van der Waals surface area contributed by atoms with E-state index in [2.05, 4.69) is 28.9 Å². The number of methoxy groups -OCH3 is 1. The van der Waals surface area contributed by atoms with Gasteiger partial charge in [-0.3, -0.25) is 4.68 Å². The summed E-state index contributed by atoms with van der Waals surface area (Å²) >= 11 is 0.533. The molecular weight excluding hydrogens is 382 g/mol. The Bertz CT molecular complexity index is 916. The van der Waals surface area contributed by atoms with Crippen LogP contribution in [0.25, 0.3) is 22.4 Å². The number of hydrogen-bond donors (Lipinski definition) is 0. The molecule has 1 atom stereocenters. The topological polar surface area (TPSA) is 88.8 Å². The van der Waals surface area contributed by atoms with Gasteiger partial charge in [-0.1, -0.05) is 25.6 Å². The largest absolute Gasteiger partial charge is 0.616 e. The zero-order chi connectivity index (χ0) is 19.4. The first kappa shape index (κ1) is 20.1. The number of nitrogens with zero attached hydrogens (tertiary/aromatic N) is 5. The van der Waals surface area contributed by atoms with Crippen LogP contribution in [0.5, 0.6) is 0 Å². The lowest BCUT2D eigenvalue weighted by molar-refractivity contribution is 0.217. The van der Waals surface area contributed by atoms with Crippen LogP contribution in [0, 0.1) is 0 Å². The molecule has 0 N–H and O–H groups in total. The summed E-state index contributed by atoms with van der Waals surface area (Å²) in [5.41, 5.74) is 2.50. The van der Waals surface area contributed by atoms with Crippen molar-refractivity contribution in [1.82, 2.24) is 24.7 Å². The first-order valence-electron chi connectivity index (χ1n) is 8.61. The molecule has 0 saturated carbocycles. The smallest absolute Gasteiger partial charge is 0.181 e. The molecule has 3 aromatic heterocycles. The van der Waals surface area contributed by atoms with Crippen molar-refractivity contribution in [3.8, 4) is 11.4 Å². The van der Waals surface area contributed by atoms with E-state index in [1.54, 1.807) is 18.0 Å². The predicted molar refractivity (Wildman–Crippen MR) is 109 cm³/mol. The van der Waals surface area contributed by atoms with Gasteiger partial charge in [0.05, 0.1) is 6.61 Å². The summed E-state index contributed by atoms with van der Waals surface area (Å²) in [5.74, 6) is 1.42. The second-order valence-electron chi connectivity index (χ2n) is 6.45. The molecule has 0 saturated heterocycles. The fraction of sp³-hybridized carbons (Fsp3) is 0.444. The van der Waals surface area contributed by atoms with Crippen LogP contribution in [-0.2, 0) is 23.0 Å². The van der Waals surface area contributed by atoms with Crippen LogP contribution < -0.4 is 0 Å². The van der Waals surface area contributed by atoms with Crippen molar-refractivity contribution in [2.24, 2.45) is 7.05 Å². The Morgan fingerprint density at radius 3 is 2.85 bits per heavy atom. The molecule has 27 heavy (non-hydrogen) atoms. The number of aromatic nitrogens is 5. The Hall–Kier alpha value is -1.68. The Morgan fingerprint density at radius 1 is 1.30 bits per heavy atom. The van der Waals surface area contributed by atoms with E-state index < -0.39 is 11.2 Å². The molecule has 0 aromatic carbocycles. The van der Waals surface area contributed by atoms with Gasteiger partial charge in [-0.2, -0.15) is 5.10 Å². The third kappa shape index (κ3) is 5.19. The molecular formula is C18H23N5O2S2. The molecule has 0 spiro atoms. The van der Waals surface area contributed by atoms with E-state index in [9.17, 15) is 4.55 Å². The highest BCUT2D eigenvalue weighted by Gasteiger charge is 2.14. The van der Waals surface area contributed by atoms with Gasteiger partial charge in [-0.05, 0) is 29.2 Å². The summed E-state index contributed by atoms with van der Waals surface area (Å²) in [7, 11) is 3.48. The predicted octanol–water partition coefficient (Wildman–Crippen LogP) is 2.99. The Balaban J connectivity index is 1.88. The maximum atomic E-state index is 12.0. The summed E-state index contributed by atoms with van der Waals surface area (Å²) in [4.78, 5) is 13.8. The van der Waals surface area contributed by atoms with Gasteiger partial charge in [0, 0.05) is 43.2 Å². The molecule has 9 heteroatoms. The third-order valence-electron chi connectivity index (χ3n) is 3.90. The number of pyridine rings is 1. The molecule has 144 valence electrons. The molecule has 0 amide bonds. The molecule has 7 nitrogen and oxygen atoms in total. The van der Waals surface area contributed by atoms with E-state index in [0.717, 1.165) is 21.7 Å². The SMILES string of the molecule is COCC[S+]([O-])CSc1cc(C(C)C)nc(-c2cnc3nn(C)cc3c2)n1. The fourth-order valence-electron chi connectivity index (χ4n) is 2.46. The van der Waals surface area contributed by atoms with Crippen LogP contribution in [0.1, 0.15) is 25.5 Å². The van der Waals surface area contributed by atoms with E-state index in [0.29, 0.717) is 28.9 Å². The van der Waals surface area contributed by atoms with Crippen LogP contribution >= 0.6 is 11.8 Å². The maximum Gasteiger partial charge on any atom is 0.181 e. The summed E-state index contributed by atoms with van der Waals surface area (Å²) < 4.78 is 18.8. The van der Waals surface area contributed by atoms with Gasteiger partial charge in [0.2, 0.25) is 0 Å². The van der Waals surface area contributed by atoms with Crippen LogP contribution in [-0.4, -0.2) is 53.8 Å². The van der Waals surface area contributed by atoms with Gasteiger partial charge >= 0.3 is 0 Å². The summed E-state index contributed by atoms with van der Waals surface area (Å²) in [5, 5.41) is 6.55. The number of ether oxygens (including phenoxy) is 1. The van der Waals surface area contributed by atoms with Gasteiger partial charge in [0.25, 0.3) is 0 Å². The number of thioether (sulfide) groups is 1. The van der Waals surface area contributed by atoms with E-state index in [4.69, 9.17) is 9.72 Å². The van der Waals surface area contributed by atoms with Crippen LogP contribution in [0.15, 0.2) is 29.6 Å². The van der Waals surface area contributed by atoms with Crippen molar-refractivity contribution in [2.75, 3.05) is 24.6 Å². The highest BCUT2D eigenvalue weighted by atomic mass is 32.3. The zero-order valence-corrected chi connectivity index (χ0v) is 17.5. The second kappa shape index (κ2) is 9.01. The first-order valence-corrected chi connectivity index (χ1v) is 11.1. The Kier molecular flexibility index (Phi) is 6.69. The van der Waals surface area contributed by atoms with Crippen molar-refractivity contribution in [3.63, 3.8) is 0 Å². The average Bonchev–Trinajstić information content (AvgIpc) is 3.03. The highest BCUT2D eigenvalue weighted by Crippen LogP contribution is 2.26. The van der Waals surface area contributed by atoms with Crippen LogP contribution in [0.3, 0.4) is 0 Å². The zero-order valence-electron chi connectivity index (χ0n) is 15.9. The lowest BCUT2D eigenvalue weighted by atomic mass is 10.1. The molecule has 0 aliphatic heterocycles. The lowest BCUT2D eigenvalue weighted by Crippen LogP contribution is -2.13. The van der Waals surface area contributed by atoms with Gasteiger partial charge < -0.3 is 9.29 Å². The average molecular weight is 406 g/mol. The number of rotatable bonds is 8. The van der Waals surface area contributed by atoms with Crippen molar-refractivity contribution < 1.29 is 9.29 Å². The standard InChI is InChI=1S/C18H23N5O2S2/c1-12(2)15-8-16(26-11-27(24)6-5-25-4)21-18(20-15)13-7-14-10-23(3)22-17(14)19-9-13/h7-10,12H,5-6,11H2,1-4H3. The molecule has 0 fully saturated rings. The monoisotopic (exact) mass is 405 g/mol. The molecule has 0 radical (unpaired) electrons. The molecule has 3 rings (SSSR count). The molecule has 1 unspecified atom stereocenters. The minimum Gasteiger partial charge on any atom is -0.616 e. The molecule has 3 aromatic rings. The van der Waals surface area contributed by atoms with Gasteiger partial charge in [0.15, 0.2) is 16.6 Å². The van der Waals surface area contributed by atoms with E-state index in [1.807, 2.05) is 25.4 Å². The number of aryl methyl sites for hydroxylation is 1. The quantitative estimate of drug-likeness (QED) is 0.323. The maximum absolute atomic E-state index is 12.0. The summed E-state index contributed by atoms with van der Waals surface area (Å²) in [6.45, 7) is 4.69. The van der Waals surface area contributed by atoms with E-state index in [1.165, 1.54) is 11.8 Å². The molecule has 0 aliphatic rings. The van der Waals surface area contributed by atoms with E-state index >= 15 is 0 Å². The van der Waals surface area contributed by atoms with Crippen LogP contribution in [0.2, 0.25) is 0 Å². The molecule has 3 heterocycles. The van der Waals surface area contributed by atoms with Gasteiger partial charge in [-0.25, -0.2) is 15.0 Å². The normalized spacial score (nSPS) is 12.8. The lowest BCUT2D eigenvalue weighted by Gasteiger charge is -2.12. The second-order valence-corrected chi connectivity index (χ2v) is 9.39. The minimum atomic E-state index is -0.950. The fourth-order valence-corrected chi connectivity index (χ4v) is 4.65. The van der Waals surface area contributed by atoms with Crippen molar-refractivity contribution in [1.29, 1.82) is 0 Å². The van der Waals surface area contributed by atoms with Crippen molar-refractivity contribution in [2.45, 2.75) is 24.8 Å². The third-order valence-corrected chi connectivity index (χ3v) is 6.55. The van der Waals surface area contributed by atoms with Crippen molar-refractivity contribution in [3.05, 3.63) is 30.2 Å². The number of fused-ring (bicyclic) bond motifs is 1. The first-order chi connectivity index (χ1) is 13.0. The molecule has 0 aliphatic carbocycles. The number of hydrogen-bond acceptors (Lipinski definition) is 7. The van der Waals surface area contributed by atoms with Gasteiger partial charge in [0.1, 0.15) is 10.8 Å². The van der Waals surface area contributed by atoms with Crippen LogP contribution in [0.4, 0.5) is 0 Å².